The first-order valence-corrected chi connectivity index (χ1v) is 10.6. The van der Waals surface area contributed by atoms with E-state index in [2.05, 4.69) is 28.7 Å². The van der Waals surface area contributed by atoms with Gasteiger partial charge in [0.2, 0.25) is 5.95 Å². The van der Waals surface area contributed by atoms with Gasteiger partial charge in [-0.05, 0) is 44.0 Å². The minimum absolute atomic E-state index is 0.230. The molecular weight excluding hydrogens is 382 g/mol. The maximum absolute atomic E-state index is 11.9. The van der Waals surface area contributed by atoms with Gasteiger partial charge in [0.05, 0.1) is 13.2 Å². The summed E-state index contributed by atoms with van der Waals surface area (Å²) in [5, 5.41) is 3.57. The van der Waals surface area contributed by atoms with Crippen LogP contribution in [0.3, 0.4) is 0 Å². The van der Waals surface area contributed by atoms with Crippen molar-refractivity contribution >= 4 is 23.2 Å². The number of nitrogens with one attached hydrogen (secondary N) is 1. The molecule has 0 unspecified atom stereocenters. The monoisotopic (exact) mass is 411 g/mol. The fraction of sp³-hybridized carbons (Fsp3) is 0.500. The van der Waals surface area contributed by atoms with Crippen LogP contribution in [0.15, 0.2) is 34.9 Å². The second-order valence-corrected chi connectivity index (χ2v) is 7.93. The van der Waals surface area contributed by atoms with Crippen molar-refractivity contribution in [1.29, 1.82) is 0 Å². The van der Waals surface area contributed by atoms with Crippen molar-refractivity contribution in [3.63, 3.8) is 0 Å². The maximum atomic E-state index is 11.9. The maximum Gasteiger partial charge on any atom is 0.409 e. The van der Waals surface area contributed by atoms with E-state index in [0.29, 0.717) is 32.2 Å². The molecule has 0 aromatic carbocycles. The zero-order valence-corrected chi connectivity index (χ0v) is 17.8. The number of carbonyl (C=O) groups is 1. The van der Waals surface area contributed by atoms with Gasteiger partial charge in [-0.2, -0.15) is 0 Å². The van der Waals surface area contributed by atoms with Crippen LogP contribution in [-0.2, 0) is 11.3 Å². The van der Waals surface area contributed by atoms with Gasteiger partial charge in [0.1, 0.15) is 17.0 Å². The van der Waals surface area contributed by atoms with E-state index in [0.717, 1.165) is 41.5 Å². The summed E-state index contributed by atoms with van der Waals surface area (Å²) in [4.78, 5) is 23.0. The van der Waals surface area contributed by atoms with Gasteiger partial charge >= 0.3 is 6.09 Å². The van der Waals surface area contributed by atoms with Crippen LogP contribution in [0.4, 0.5) is 10.7 Å². The molecule has 0 bridgehead atoms. The second kappa shape index (κ2) is 8.77. The fourth-order valence-corrected chi connectivity index (χ4v) is 3.77. The van der Waals surface area contributed by atoms with Crippen LogP contribution in [0.2, 0.25) is 0 Å². The number of piperidine rings is 1. The van der Waals surface area contributed by atoms with Crippen LogP contribution in [0.5, 0.6) is 0 Å². The lowest BCUT2D eigenvalue weighted by molar-refractivity contribution is 0.0983. The molecule has 1 aliphatic rings. The molecule has 0 spiro atoms. The number of anilines is 1. The SMILES string of the molecule is CCOC(=O)N1CCC(Nc2nc3cccnc3n2Cc2ccc(C(C)C)o2)CC1. The van der Waals surface area contributed by atoms with Crippen molar-refractivity contribution < 1.29 is 13.9 Å². The highest BCUT2D eigenvalue weighted by atomic mass is 16.6. The third kappa shape index (κ3) is 4.27. The Morgan fingerprint density at radius 1 is 1.30 bits per heavy atom. The van der Waals surface area contributed by atoms with Crippen LogP contribution in [-0.4, -0.2) is 51.3 Å². The summed E-state index contributed by atoms with van der Waals surface area (Å²) in [6.07, 6.45) is 3.23. The average Bonchev–Trinajstić information content (AvgIpc) is 3.34. The number of amides is 1. The van der Waals surface area contributed by atoms with E-state index in [4.69, 9.17) is 14.1 Å². The van der Waals surface area contributed by atoms with E-state index < -0.39 is 0 Å². The number of rotatable bonds is 6. The van der Waals surface area contributed by atoms with Crippen LogP contribution >= 0.6 is 0 Å². The Morgan fingerprint density at radius 2 is 2.10 bits per heavy atom. The Hall–Kier alpha value is -3.03. The topological polar surface area (TPSA) is 85.4 Å². The van der Waals surface area contributed by atoms with Crippen molar-refractivity contribution in [1.82, 2.24) is 19.4 Å². The molecule has 1 N–H and O–H groups in total. The molecule has 1 saturated heterocycles. The number of hydrogen-bond acceptors (Lipinski definition) is 6. The molecule has 8 heteroatoms. The van der Waals surface area contributed by atoms with Crippen molar-refractivity contribution in [3.05, 3.63) is 42.0 Å². The molecule has 0 aliphatic carbocycles. The third-order valence-electron chi connectivity index (χ3n) is 5.42. The molecule has 160 valence electrons. The molecule has 3 aromatic rings. The van der Waals surface area contributed by atoms with Gasteiger partial charge in [-0.3, -0.25) is 4.57 Å². The number of carbonyl (C=O) groups excluding carboxylic acids is 1. The molecule has 8 nitrogen and oxygen atoms in total. The molecule has 0 saturated carbocycles. The average molecular weight is 412 g/mol. The van der Waals surface area contributed by atoms with Gasteiger partial charge < -0.3 is 19.4 Å². The number of aromatic nitrogens is 3. The van der Waals surface area contributed by atoms with Crippen LogP contribution in [0, 0.1) is 0 Å². The van der Waals surface area contributed by atoms with E-state index in [1.54, 1.807) is 11.1 Å². The normalized spacial score (nSPS) is 15.1. The van der Waals surface area contributed by atoms with E-state index in [-0.39, 0.29) is 12.1 Å². The van der Waals surface area contributed by atoms with Crippen molar-refractivity contribution in [2.45, 2.75) is 52.1 Å². The molecule has 0 radical (unpaired) electrons. The minimum Gasteiger partial charge on any atom is -0.464 e. The number of nitrogens with zero attached hydrogens (tertiary/aromatic N) is 4. The highest BCUT2D eigenvalue weighted by molar-refractivity contribution is 5.74. The smallest absolute Gasteiger partial charge is 0.409 e. The fourth-order valence-electron chi connectivity index (χ4n) is 3.77. The van der Waals surface area contributed by atoms with Crippen LogP contribution in [0.1, 0.15) is 51.1 Å². The Balaban J connectivity index is 1.51. The summed E-state index contributed by atoms with van der Waals surface area (Å²) in [6.45, 7) is 8.37. The molecule has 0 atom stereocenters. The summed E-state index contributed by atoms with van der Waals surface area (Å²) in [5.74, 6) is 2.98. The minimum atomic E-state index is -0.230. The summed E-state index contributed by atoms with van der Waals surface area (Å²) in [5.41, 5.74) is 1.67. The molecule has 3 aromatic heterocycles. The van der Waals surface area contributed by atoms with Gasteiger partial charge in [0, 0.05) is 31.2 Å². The molecule has 1 fully saturated rings. The van der Waals surface area contributed by atoms with E-state index >= 15 is 0 Å². The summed E-state index contributed by atoms with van der Waals surface area (Å²) in [7, 11) is 0. The largest absolute Gasteiger partial charge is 0.464 e. The second-order valence-electron chi connectivity index (χ2n) is 7.93. The predicted molar refractivity (Wildman–Crippen MR) is 115 cm³/mol. The van der Waals surface area contributed by atoms with Gasteiger partial charge in [-0.1, -0.05) is 13.8 Å². The molecule has 4 rings (SSSR count). The van der Waals surface area contributed by atoms with Gasteiger partial charge in [0.25, 0.3) is 0 Å². The summed E-state index contributed by atoms with van der Waals surface area (Å²) in [6, 6.07) is 8.14. The highest BCUT2D eigenvalue weighted by Gasteiger charge is 2.25. The number of furan rings is 1. The number of hydrogen-bond donors (Lipinski definition) is 1. The Bertz CT molecular complexity index is 1000. The lowest BCUT2D eigenvalue weighted by Gasteiger charge is -2.31. The zero-order chi connectivity index (χ0) is 21.1. The lowest BCUT2D eigenvalue weighted by atomic mass is 10.1. The number of ether oxygens (including phenoxy) is 1. The summed E-state index contributed by atoms with van der Waals surface area (Å²) < 4.78 is 13.2. The third-order valence-corrected chi connectivity index (χ3v) is 5.42. The number of fused-ring (bicyclic) bond motifs is 1. The lowest BCUT2D eigenvalue weighted by Crippen LogP contribution is -2.42. The van der Waals surface area contributed by atoms with Crippen LogP contribution in [0.25, 0.3) is 11.2 Å². The predicted octanol–water partition coefficient (Wildman–Crippen LogP) is 4.23. The van der Waals surface area contributed by atoms with Crippen molar-refractivity contribution in [3.8, 4) is 0 Å². The Labute approximate surface area is 176 Å². The Kier molecular flexibility index (Phi) is 5.92. The zero-order valence-electron chi connectivity index (χ0n) is 17.8. The number of likely N-dealkylation sites (tertiary alicyclic amines) is 1. The first-order valence-electron chi connectivity index (χ1n) is 10.6. The molecule has 30 heavy (non-hydrogen) atoms. The number of imidazole rings is 1. The highest BCUT2D eigenvalue weighted by Crippen LogP contribution is 2.24. The van der Waals surface area contributed by atoms with E-state index in [9.17, 15) is 4.79 Å². The van der Waals surface area contributed by atoms with Crippen molar-refractivity contribution in [2.24, 2.45) is 0 Å². The summed E-state index contributed by atoms with van der Waals surface area (Å²) >= 11 is 0. The number of pyridine rings is 1. The van der Waals surface area contributed by atoms with E-state index in [1.165, 1.54) is 0 Å². The molecule has 1 aliphatic heterocycles. The van der Waals surface area contributed by atoms with E-state index in [1.807, 2.05) is 31.2 Å². The van der Waals surface area contributed by atoms with Gasteiger partial charge in [0.15, 0.2) is 5.65 Å². The molecular formula is C22H29N5O3. The van der Waals surface area contributed by atoms with Gasteiger partial charge in [-0.15, -0.1) is 0 Å². The first kappa shape index (κ1) is 20.3. The first-order chi connectivity index (χ1) is 14.5. The van der Waals surface area contributed by atoms with Gasteiger partial charge in [-0.25, -0.2) is 14.8 Å². The molecule has 4 heterocycles. The Morgan fingerprint density at radius 3 is 2.80 bits per heavy atom. The van der Waals surface area contributed by atoms with Crippen LogP contribution < -0.4 is 5.32 Å². The quantitative estimate of drug-likeness (QED) is 0.653. The molecule has 1 amide bonds. The van der Waals surface area contributed by atoms with Crippen molar-refractivity contribution in [2.75, 3.05) is 25.0 Å². The standard InChI is InChI=1S/C22H29N5O3/c1-4-29-22(28)26-12-9-16(10-13-26)24-21-25-18-6-5-11-23-20(18)27(21)14-17-7-8-19(30-17)15(2)3/h5-8,11,15-16H,4,9-10,12-14H2,1-3H3,(H,24,25).